The smallest absolute Gasteiger partial charge is 0.267 e. The quantitative estimate of drug-likeness (QED) is 0.503. The molecule has 1 atom stereocenters. The number of rotatable bonds is 6. The Morgan fingerprint density at radius 1 is 1.32 bits per heavy atom. The van der Waals surface area contributed by atoms with Gasteiger partial charge in [-0.2, -0.15) is 0 Å². The van der Waals surface area contributed by atoms with E-state index < -0.39 is 18.0 Å². The van der Waals surface area contributed by atoms with Crippen LogP contribution in [0.25, 0.3) is 0 Å². The maximum absolute atomic E-state index is 12.0. The van der Waals surface area contributed by atoms with Crippen LogP contribution < -0.4 is 16.5 Å². The van der Waals surface area contributed by atoms with Gasteiger partial charge in [-0.05, 0) is 30.7 Å². The van der Waals surface area contributed by atoms with Gasteiger partial charge in [-0.3, -0.25) is 19.9 Å². The summed E-state index contributed by atoms with van der Waals surface area (Å²) in [6.07, 6.45) is -1.15. The minimum Gasteiger partial charge on any atom is -0.366 e. The summed E-state index contributed by atoms with van der Waals surface area (Å²) >= 11 is 0. The Labute approximate surface area is 111 Å². The summed E-state index contributed by atoms with van der Waals surface area (Å²) < 4.78 is 4.77. The third-order valence-electron chi connectivity index (χ3n) is 2.45. The highest BCUT2D eigenvalue weighted by molar-refractivity contribution is 5.98. The first-order chi connectivity index (χ1) is 8.99. The molecule has 0 saturated carbocycles. The van der Waals surface area contributed by atoms with Crippen molar-refractivity contribution in [3.63, 3.8) is 0 Å². The number of methoxy groups -OCH3 is 1. The molecule has 0 bridgehead atoms. The molecule has 0 aromatic heterocycles. The molecule has 1 aromatic carbocycles. The average molecular weight is 267 g/mol. The van der Waals surface area contributed by atoms with E-state index in [2.05, 4.69) is 10.8 Å². The SMILES string of the molecule is CONc1ccc(C(=O)NC(OC)C(N)=O)c(C)c1. The minimum absolute atomic E-state index is 0.421. The lowest BCUT2D eigenvalue weighted by Gasteiger charge is -2.15. The molecule has 0 aliphatic carbocycles. The van der Waals surface area contributed by atoms with Crippen molar-refractivity contribution >= 4 is 17.5 Å². The first kappa shape index (κ1) is 14.9. The van der Waals surface area contributed by atoms with Crippen LogP contribution >= 0.6 is 0 Å². The molecule has 0 spiro atoms. The van der Waals surface area contributed by atoms with Crippen molar-refractivity contribution in [3.8, 4) is 0 Å². The monoisotopic (exact) mass is 267 g/mol. The van der Waals surface area contributed by atoms with Gasteiger partial charge in [0.05, 0.1) is 12.8 Å². The second-order valence-electron chi connectivity index (χ2n) is 3.83. The second-order valence-corrected chi connectivity index (χ2v) is 3.83. The Hall–Kier alpha value is -2.12. The van der Waals surface area contributed by atoms with Crippen LogP contribution in [0.2, 0.25) is 0 Å². The number of carbonyl (C=O) groups excluding carboxylic acids is 2. The minimum atomic E-state index is -1.15. The summed E-state index contributed by atoms with van der Waals surface area (Å²) in [5.41, 5.74) is 9.58. The summed E-state index contributed by atoms with van der Waals surface area (Å²) in [7, 11) is 2.78. The molecular weight excluding hydrogens is 250 g/mol. The molecule has 1 rings (SSSR count). The zero-order chi connectivity index (χ0) is 14.4. The second kappa shape index (κ2) is 6.72. The summed E-state index contributed by atoms with van der Waals surface area (Å²) in [5, 5.41) is 2.39. The standard InChI is InChI=1S/C12H17N3O4/c1-7-6-8(15-19-3)4-5-9(7)11(17)14-12(18-2)10(13)16/h4-6,12,15H,1-3H3,(H2,13,16)(H,14,17). The molecule has 1 unspecified atom stereocenters. The van der Waals surface area contributed by atoms with Crippen LogP contribution in [0, 0.1) is 6.92 Å². The largest absolute Gasteiger partial charge is 0.366 e. The number of hydrogen-bond donors (Lipinski definition) is 3. The van der Waals surface area contributed by atoms with E-state index in [0.29, 0.717) is 5.56 Å². The molecule has 0 aliphatic heterocycles. The Balaban J connectivity index is 2.85. The number of benzene rings is 1. The highest BCUT2D eigenvalue weighted by Gasteiger charge is 2.19. The fourth-order valence-electron chi connectivity index (χ4n) is 1.54. The van der Waals surface area contributed by atoms with Crippen LogP contribution in [0.3, 0.4) is 0 Å². The molecule has 1 aromatic rings. The lowest BCUT2D eigenvalue weighted by molar-refractivity contribution is -0.128. The van der Waals surface area contributed by atoms with E-state index in [1.54, 1.807) is 25.1 Å². The molecule has 0 aliphatic rings. The summed E-state index contributed by atoms with van der Waals surface area (Å²) in [5.74, 6) is -1.20. The lowest BCUT2D eigenvalue weighted by atomic mass is 10.1. The van der Waals surface area contributed by atoms with Gasteiger partial charge in [0.25, 0.3) is 11.8 Å². The highest BCUT2D eigenvalue weighted by atomic mass is 16.6. The van der Waals surface area contributed by atoms with Gasteiger partial charge in [0.1, 0.15) is 0 Å². The molecule has 2 amide bonds. The Bertz CT molecular complexity index is 476. The average Bonchev–Trinajstić information content (AvgIpc) is 2.35. The third kappa shape index (κ3) is 3.94. The van der Waals surface area contributed by atoms with Gasteiger partial charge in [-0.1, -0.05) is 0 Å². The third-order valence-corrected chi connectivity index (χ3v) is 2.45. The highest BCUT2D eigenvalue weighted by Crippen LogP contribution is 2.15. The molecule has 7 heteroatoms. The number of nitrogens with two attached hydrogens (primary N) is 1. The van der Waals surface area contributed by atoms with Gasteiger partial charge in [-0.25, -0.2) is 0 Å². The molecule has 0 fully saturated rings. The zero-order valence-electron chi connectivity index (χ0n) is 11.0. The number of nitrogens with one attached hydrogen (secondary N) is 2. The number of aryl methyl sites for hydroxylation is 1. The molecule has 104 valence electrons. The van der Waals surface area contributed by atoms with Crippen molar-refractivity contribution in [2.45, 2.75) is 13.2 Å². The Morgan fingerprint density at radius 3 is 2.47 bits per heavy atom. The summed E-state index contributed by atoms with van der Waals surface area (Å²) in [4.78, 5) is 27.7. The van der Waals surface area contributed by atoms with Crippen LogP contribution in [0.5, 0.6) is 0 Å². The fraction of sp³-hybridized carbons (Fsp3) is 0.333. The van der Waals surface area contributed by atoms with Crippen molar-refractivity contribution in [2.75, 3.05) is 19.7 Å². The molecule has 4 N–H and O–H groups in total. The van der Waals surface area contributed by atoms with Crippen molar-refractivity contribution < 1.29 is 19.2 Å². The van der Waals surface area contributed by atoms with E-state index in [9.17, 15) is 9.59 Å². The Kier molecular flexibility index (Phi) is 5.28. The summed E-state index contributed by atoms with van der Waals surface area (Å²) in [6, 6.07) is 5.03. The number of ether oxygens (including phenoxy) is 1. The number of hydrogen-bond acceptors (Lipinski definition) is 5. The zero-order valence-corrected chi connectivity index (χ0v) is 11.0. The van der Waals surface area contributed by atoms with Crippen LogP contribution in [0.4, 0.5) is 5.69 Å². The van der Waals surface area contributed by atoms with E-state index in [4.69, 9.17) is 15.3 Å². The first-order valence-corrected chi connectivity index (χ1v) is 5.52. The normalized spacial score (nSPS) is 11.7. The van der Waals surface area contributed by atoms with E-state index in [0.717, 1.165) is 11.3 Å². The first-order valence-electron chi connectivity index (χ1n) is 5.52. The lowest BCUT2D eigenvalue weighted by Crippen LogP contribution is -2.45. The number of anilines is 1. The van der Waals surface area contributed by atoms with Gasteiger partial charge in [0.15, 0.2) is 0 Å². The van der Waals surface area contributed by atoms with Crippen molar-refractivity contribution in [1.82, 2.24) is 5.32 Å². The van der Waals surface area contributed by atoms with Gasteiger partial charge < -0.3 is 15.8 Å². The molecular formula is C12H17N3O4. The van der Waals surface area contributed by atoms with Gasteiger partial charge in [0.2, 0.25) is 6.23 Å². The van der Waals surface area contributed by atoms with E-state index in [-0.39, 0.29) is 0 Å². The molecule has 0 heterocycles. The number of amides is 2. The molecule has 7 nitrogen and oxygen atoms in total. The number of carbonyl (C=O) groups is 2. The van der Waals surface area contributed by atoms with Gasteiger partial charge in [-0.15, -0.1) is 0 Å². The van der Waals surface area contributed by atoms with Crippen LogP contribution in [0.15, 0.2) is 18.2 Å². The molecule has 0 saturated heterocycles. The maximum atomic E-state index is 12.0. The molecule has 0 radical (unpaired) electrons. The topological polar surface area (TPSA) is 103 Å². The van der Waals surface area contributed by atoms with Crippen LogP contribution in [-0.2, 0) is 14.4 Å². The van der Waals surface area contributed by atoms with Crippen molar-refractivity contribution in [2.24, 2.45) is 5.73 Å². The molecule has 19 heavy (non-hydrogen) atoms. The van der Waals surface area contributed by atoms with Crippen molar-refractivity contribution in [3.05, 3.63) is 29.3 Å². The predicted molar refractivity (Wildman–Crippen MR) is 69.3 cm³/mol. The van der Waals surface area contributed by atoms with E-state index in [1.165, 1.54) is 14.2 Å². The fourth-order valence-corrected chi connectivity index (χ4v) is 1.54. The maximum Gasteiger partial charge on any atom is 0.267 e. The van der Waals surface area contributed by atoms with Gasteiger partial charge >= 0.3 is 0 Å². The number of primary amides is 1. The van der Waals surface area contributed by atoms with Crippen LogP contribution in [-0.4, -0.2) is 32.3 Å². The van der Waals surface area contributed by atoms with E-state index in [1.807, 2.05) is 0 Å². The predicted octanol–water partition coefficient (Wildman–Crippen LogP) is 0.156. The van der Waals surface area contributed by atoms with Crippen LogP contribution in [0.1, 0.15) is 15.9 Å². The Morgan fingerprint density at radius 2 is 2.00 bits per heavy atom. The van der Waals surface area contributed by atoms with Crippen molar-refractivity contribution in [1.29, 1.82) is 0 Å². The van der Waals surface area contributed by atoms with E-state index >= 15 is 0 Å². The summed E-state index contributed by atoms with van der Waals surface area (Å²) in [6.45, 7) is 1.77. The van der Waals surface area contributed by atoms with Gasteiger partial charge in [0, 0.05) is 12.7 Å².